The Morgan fingerprint density at radius 2 is 2.06 bits per heavy atom. The van der Waals surface area contributed by atoms with Gasteiger partial charge in [0.25, 0.3) is 0 Å². The number of fused-ring (bicyclic) bond motifs is 1. The average molecular weight is 217 g/mol. The first-order chi connectivity index (χ1) is 7.79. The summed E-state index contributed by atoms with van der Waals surface area (Å²) in [4.78, 5) is 0. The number of aryl methyl sites for hydroxylation is 2. The van der Waals surface area contributed by atoms with E-state index in [0.717, 1.165) is 6.54 Å². The molecule has 1 aliphatic rings. The Morgan fingerprint density at radius 1 is 1.25 bits per heavy atom. The Labute approximate surface area is 99.3 Å². The van der Waals surface area contributed by atoms with E-state index in [4.69, 9.17) is 0 Å². The fourth-order valence-corrected chi connectivity index (χ4v) is 2.56. The van der Waals surface area contributed by atoms with Crippen molar-refractivity contribution in [3.8, 4) is 0 Å². The van der Waals surface area contributed by atoms with Gasteiger partial charge in [-0.3, -0.25) is 0 Å². The minimum Gasteiger partial charge on any atom is -0.310 e. The second kappa shape index (κ2) is 5.49. The summed E-state index contributed by atoms with van der Waals surface area (Å²) in [5, 5.41) is 3.59. The Hall–Kier alpha value is -0.820. The molecule has 0 bridgehead atoms. The van der Waals surface area contributed by atoms with E-state index in [1.807, 2.05) is 0 Å². The lowest BCUT2D eigenvalue weighted by molar-refractivity contribution is 0.508. The van der Waals surface area contributed by atoms with Crippen molar-refractivity contribution in [2.45, 2.75) is 58.5 Å². The summed E-state index contributed by atoms with van der Waals surface area (Å²) >= 11 is 0. The molecule has 0 fully saturated rings. The molecule has 0 aliphatic heterocycles. The number of nitrogens with one attached hydrogen (secondary N) is 1. The van der Waals surface area contributed by atoms with Crippen molar-refractivity contribution in [2.75, 3.05) is 0 Å². The van der Waals surface area contributed by atoms with Crippen LogP contribution < -0.4 is 5.32 Å². The van der Waals surface area contributed by atoms with Crippen LogP contribution in [0.2, 0.25) is 0 Å². The lowest BCUT2D eigenvalue weighted by atomic mass is 10.1. The van der Waals surface area contributed by atoms with Crippen molar-refractivity contribution in [2.24, 2.45) is 0 Å². The molecule has 0 spiro atoms. The molecule has 0 aromatic heterocycles. The maximum atomic E-state index is 3.59. The fourth-order valence-electron chi connectivity index (χ4n) is 2.56. The molecule has 0 amide bonds. The highest BCUT2D eigenvalue weighted by Crippen LogP contribution is 2.22. The molecule has 16 heavy (non-hydrogen) atoms. The Kier molecular flexibility index (Phi) is 4.00. The van der Waals surface area contributed by atoms with Crippen LogP contribution in [-0.4, -0.2) is 6.04 Å². The van der Waals surface area contributed by atoms with Gasteiger partial charge in [-0.1, -0.05) is 31.5 Å². The summed E-state index contributed by atoms with van der Waals surface area (Å²) in [7, 11) is 0. The van der Waals surface area contributed by atoms with Crippen molar-refractivity contribution in [1.29, 1.82) is 0 Å². The lowest BCUT2D eigenvalue weighted by Crippen LogP contribution is -2.25. The first kappa shape index (κ1) is 11.7. The highest BCUT2D eigenvalue weighted by Gasteiger charge is 2.10. The van der Waals surface area contributed by atoms with Crippen LogP contribution in [0.25, 0.3) is 0 Å². The summed E-state index contributed by atoms with van der Waals surface area (Å²) in [5.41, 5.74) is 4.61. The van der Waals surface area contributed by atoms with E-state index in [-0.39, 0.29) is 0 Å². The van der Waals surface area contributed by atoms with E-state index in [9.17, 15) is 0 Å². The standard InChI is InChI=1S/C15H23N/c1-3-5-12(2)16-11-13-8-9-14-6-4-7-15(14)10-13/h8-10,12,16H,3-7,11H2,1-2H3. The zero-order valence-corrected chi connectivity index (χ0v) is 10.6. The van der Waals surface area contributed by atoms with Crippen LogP contribution in [0.5, 0.6) is 0 Å². The van der Waals surface area contributed by atoms with Gasteiger partial charge in [0.05, 0.1) is 0 Å². The predicted octanol–water partition coefficient (Wildman–Crippen LogP) is 3.45. The smallest absolute Gasteiger partial charge is 0.0208 e. The van der Waals surface area contributed by atoms with Gasteiger partial charge in [0.15, 0.2) is 0 Å². The van der Waals surface area contributed by atoms with Crippen LogP contribution in [0.1, 0.15) is 49.8 Å². The van der Waals surface area contributed by atoms with Gasteiger partial charge >= 0.3 is 0 Å². The third kappa shape index (κ3) is 2.85. The molecule has 1 N–H and O–H groups in total. The summed E-state index contributed by atoms with van der Waals surface area (Å²) in [5.74, 6) is 0. The minimum absolute atomic E-state index is 0.637. The van der Waals surface area contributed by atoms with Crippen LogP contribution in [0.15, 0.2) is 18.2 Å². The molecule has 0 heterocycles. The fraction of sp³-hybridized carbons (Fsp3) is 0.600. The highest BCUT2D eigenvalue weighted by atomic mass is 14.9. The van der Waals surface area contributed by atoms with E-state index in [2.05, 4.69) is 37.4 Å². The van der Waals surface area contributed by atoms with Crippen molar-refractivity contribution < 1.29 is 0 Å². The largest absolute Gasteiger partial charge is 0.310 e. The number of rotatable bonds is 5. The first-order valence-corrected chi connectivity index (χ1v) is 6.63. The van der Waals surface area contributed by atoms with Gasteiger partial charge in [-0.25, -0.2) is 0 Å². The Balaban J connectivity index is 1.90. The zero-order valence-electron chi connectivity index (χ0n) is 10.6. The van der Waals surface area contributed by atoms with Crippen LogP contribution >= 0.6 is 0 Å². The molecule has 0 saturated heterocycles. The van der Waals surface area contributed by atoms with Crippen molar-refractivity contribution >= 4 is 0 Å². The van der Waals surface area contributed by atoms with Gasteiger partial charge in [-0.15, -0.1) is 0 Å². The van der Waals surface area contributed by atoms with Crippen molar-refractivity contribution in [3.63, 3.8) is 0 Å². The normalized spacial score (nSPS) is 16.1. The number of benzene rings is 1. The quantitative estimate of drug-likeness (QED) is 0.796. The molecule has 1 aromatic carbocycles. The maximum Gasteiger partial charge on any atom is 0.0208 e. The second-order valence-corrected chi connectivity index (χ2v) is 5.03. The summed E-state index contributed by atoms with van der Waals surface area (Å²) in [6.07, 6.45) is 6.45. The number of hydrogen-bond acceptors (Lipinski definition) is 1. The van der Waals surface area contributed by atoms with Gasteiger partial charge in [-0.2, -0.15) is 0 Å². The molecule has 1 unspecified atom stereocenters. The molecule has 88 valence electrons. The van der Waals surface area contributed by atoms with E-state index < -0.39 is 0 Å². The van der Waals surface area contributed by atoms with Crippen LogP contribution in [0.4, 0.5) is 0 Å². The van der Waals surface area contributed by atoms with Gasteiger partial charge in [0.2, 0.25) is 0 Å². The SMILES string of the molecule is CCCC(C)NCc1ccc2c(c1)CCC2. The topological polar surface area (TPSA) is 12.0 Å². The minimum atomic E-state index is 0.637. The number of hydrogen-bond donors (Lipinski definition) is 1. The van der Waals surface area contributed by atoms with Crippen LogP contribution in [0, 0.1) is 0 Å². The zero-order chi connectivity index (χ0) is 11.4. The first-order valence-electron chi connectivity index (χ1n) is 6.63. The van der Waals surface area contributed by atoms with E-state index in [1.54, 1.807) is 11.1 Å². The summed E-state index contributed by atoms with van der Waals surface area (Å²) in [6, 6.07) is 7.64. The van der Waals surface area contributed by atoms with Gasteiger partial charge in [-0.05, 0) is 49.3 Å². The third-order valence-electron chi connectivity index (χ3n) is 3.54. The molecule has 1 aliphatic carbocycles. The van der Waals surface area contributed by atoms with Crippen molar-refractivity contribution in [3.05, 3.63) is 34.9 Å². The Morgan fingerprint density at radius 3 is 2.88 bits per heavy atom. The maximum absolute atomic E-state index is 3.59. The molecule has 0 saturated carbocycles. The summed E-state index contributed by atoms with van der Waals surface area (Å²) < 4.78 is 0. The molecule has 1 aromatic rings. The molecule has 1 nitrogen and oxygen atoms in total. The van der Waals surface area contributed by atoms with Gasteiger partial charge in [0, 0.05) is 12.6 Å². The van der Waals surface area contributed by atoms with Gasteiger partial charge < -0.3 is 5.32 Å². The van der Waals surface area contributed by atoms with Crippen LogP contribution in [0.3, 0.4) is 0 Å². The third-order valence-corrected chi connectivity index (χ3v) is 3.54. The second-order valence-electron chi connectivity index (χ2n) is 5.03. The molecule has 1 atom stereocenters. The lowest BCUT2D eigenvalue weighted by Gasteiger charge is -2.13. The molecule has 0 radical (unpaired) electrons. The summed E-state index contributed by atoms with van der Waals surface area (Å²) in [6.45, 7) is 5.54. The molecule has 2 rings (SSSR count). The molecular formula is C15H23N. The Bertz CT molecular complexity index is 343. The van der Waals surface area contributed by atoms with E-state index in [1.165, 1.54) is 37.7 Å². The predicted molar refractivity (Wildman–Crippen MR) is 69.7 cm³/mol. The highest BCUT2D eigenvalue weighted by molar-refractivity contribution is 5.35. The van der Waals surface area contributed by atoms with E-state index >= 15 is 0 Å². The van der Waals surface area contributed by atoms with Crippen molar-refractivity contribution in [1.82, 2.24) is 5.32 Å². The van der Waals surface area contributed by atoms with Gasteiger partial charge in [0.1, 0.15) is 0 Å². The monoisotopic (exact) mass is 217 g/mol. The van der Waals surface area contributed by atoms with E-state index in [0.29, 0.717) is 6.04 Å². The molecule has 1 heteroatoms. The van der Waals surface area contributed by atoms with Crippen LogP contribution in [-0.2, 0) is 19.4 Å². The average Bonchev–Trinajstić information content (AvgIpc) is 2.74. The molecular weight excluding hydrogens is 194 g/mol.